The fourth-order valence-corrected chi connectivity index (χ4v) is 2.79. The molecule has 1 unspecified atom stereocenters. The molecule has 1 aromatic rings. The molecule has 2 rings (SSSR count). The lowest BCUT2D eigenvalue weighted by atomic mass is 9.98. The molecule has 2 heterocycles. The molecule has 108 valence electrons. The van der Waals surface area contributed by atoms with E-state index in [0.717, 1.165) is 23.7 Å². The van der Waals surface area contributed by atoms with Crippen LogP contribution in [0.25, 0.3) is 0 Å². The fraction of sp³-hybridized carbons (Fsp3) is 0.786. The monoisotopic (exact) mass is 265 g/mol. The highest BCUT2D eigenvalue weighted by Crippen LogP contribution is 2.26. The van der Waals surface area contributed by atoms with E-state index >= 15 is 0 Å². The minimum Gasteiger partial charge on any atom is -0.394 e. The van der Waals surface area contributed by atoms with Crippen LogP contribution >= 0.6 is 0 Å². The Hall–Kier alpha value is -1.23. The van der Waals surface area contributed by atoms with Gasteiger partial charge < -0.3 is 16.0 Å². The molecule has 1 aliphatic heterocycles. The minimum absolute atomic E-state index is 0.326. The zero-order chi connectivity index (χ0) is 14.0. The van der Waals surface area contributed by atoms with Crippen LogP contribution in [0.1, 0.15) is 38.4 Å². The van der Waals surface area contributed by atoms with E-state index in [0.29, 0.717) is 12.0 Å². The Morgan fingerprint density at radius 3 is 2.84 bits per heavy atom. The molecule has 5 heteroatoms. The average Bonchev–Trinajstić information content (AvgIpc) is 2.64. The molecule has 1 fully saturated rings. The summed E-state index contributed by atoms with van der Waals surface area (Å²) >= 11 is 0. The van der Waals surface area contributed by atoms with E-state index < -0.39 is 0 Å². The van der Waals surface area contributed by atoms with Crippen molar-refractivity contribution < 1.29 is 0 Å². The second-order valence-electron chi connectivity index (χ2n) is 6.04. The Labute approximate surface area is 116 Å². The number of nitrogen functional groups attached to an aromatic ring is 1. The summed E-state index contributed by atoms with van der Waals surface area (Å²) in [4.78, 5) is 2.41. The Balaban J connectivity index is 2.02. The van der Waals surface area contributed by atoms with E-state index in [-0.39, 0.29) is 0 Å². The van der Waals surface area contributed by atoms with E-state index in [9.17, 15) is 0 Å². The highest BCUT2D eigenvalue weighted by Gasteiger charge is 2.19. The summed E-state index contributed by atoms with van der Waals surface area (Å²) in [7, 11) is 2.20. The summed E-state index contributed by atoms with van der Waals surface area (Å²) in [5.41, 5.74) is 7.83. The predicted molar refractivity (Wildman–Crippen MR) is 80.5 cm³/mol. The highest BCUT2D eigenvalue weighted by molar-refractivity contribution is 5.64. The molecule has 19 heavy (non-hydrogen) atoms. The largest absolute Gasteiger partial charge is 0.394 e. The predicted octanol–water partition coefficient (Wildman–Crippen LogP) is 2.11. The smallest absolute Gasteiger partial charge is 0.148 e. The lowest BCUT2D eigenvalue weighted by Gasteiger charge is -2.30. The molecule has 1 aromatic heterocycles. The molecule has 0 bridgehead atoms. The van der Waals surface area contributed by atoms with Crippen molar-refractivity contribution in [1.82, 2.24) is 14.7 Å². The lowest BCUT2D eigenvalue weighted by molar-refractivity contribution is 0.217. The second-order valence-corrected chi connectivity index (χ2v) is 6.04. The van der Waals surface area contributed by atoms with Crippen LogP contribution in [0.2, 0.25) is 0 Å². The van der Waals surface area contributed by atoms with Crippen molar-refractivity contribution in [3.8, 4) is 0 Å². The lowest BCUT2D eigenvalue weighted by Crippen LogP contribution is -2.35. The third-order valence-electron chi connectivity index (χ3n) is 3.90. The number of piperidine rings is 1. The second kappa shape index (κ2) is 5.82. The Morgan fingerprint density at radius 2 is 2.21 bits per heavy atom. The summed E-state index contributed by atoms with van der Waals surface area (Å²) in [5, 5.41) is 8.03. The van der Waals surface area contributed by atoms with Gasteiger partial charge >= 0.3 is 0 Å². The number of nitrogens with two attached hydrogens (primary N) is 1. The molecule has 0 saturated carbocycles. The third-order valence-corrected chi connectivity index (χ3v) is 3.90. The van der Waals surface area contributed by atoms with Crippen LogP contribution in [0.5, 0.6) is 0 Å². The number of nitrogens with zero attached hydrogens (tertiary/aromatic N) is 3. The summed E-state index contributed by atoms with van der Waals surface area (Å²) in [5.74, 6) is 1.69. The first-order valence-corrected chi connectivity index (χ1v) is 7.26. The maximum atomic E-state index is 6.13. The van der Waals surface area contributed by atoms with Crippen LogP contribution in [0.15, 0.2) is 0 Å². The molecule has 1 atom stereocenters. The Bertz CT molecular complexity index is 424. The van der Waals surface area contributed by atoms with Gasteiger partial charge in [-0.1, -0.05) is 0 Å². The zero-order valence-corrected chi connectivity index (χ0v) is 12.6. The van der Waals surface area contributed by atoms with Crippen LogP contribution in [0.3, 0.4) is 0 Å². The first kappa shape index (κ1) is 14.2. The van der Waals surface area contributed by atoms with Gasteiger partial charge in [0.25, 0.3) is 0 Å². The normalized spacial score (nSPS) is 21.0. The molecule has 1 aliphatic rings. The number of aromatic nitrogens is 2. The molecule has 0 aromatic carbocycles. The minimum atomic E-state index is 0.326. The van der Waals surface area contributed by atoms with Gasteiger partial charge in [0.15, 0.2) is 0 Å². The van der Waals surface area contributed by atoms with Gasteiger partial charge in [0.2, 0.25) is 0 Å². The van der Waals surface area contributed by atoms with Gasteiger partial charge in [0.05, 0.1) is 11.4 Å². The van der Waals surface area contributed by atoms with Gasteiger partial charge in [-0.15, -0.1) is 0 Å². The number of nitrogens with one attached hydrogen (secondary N) is 1. The van der Waals surface area contributed by atoms with Crippen molar-refractivity contribution in [3.63, 3.8) is 0 Å². The van der Waals surface area contributed by atoms with Gasteiger partial charge in [-0.2, -0.15) is 5.10 Å². The topological polar surface area (TPSA) is 59.1 Å². The molecule has 5 nitrogen and oxygen atoms in total. The summed E-state index contributed by atoms with van der Waals surface area (Å²) in [6, 6.07) is 0.326. The molecular formula is C14H27N5. The standard InChI is InChI=1S/C14H27N5/c1-10(2)19-14(13(15)11(3)17-19)16-8-12-6-5-7-18(4)9-12/h10,12,16H,5-9,15H2,1-4H3. The van der Waals surface area contributed by atoms with E-state index in [1.807, 2.05) is 11.6 Å². The van der Waals surface area contributed by atoms with Crippen molar-refractivity contribution in [2.75, 3.05) is 37.7 Å². The summed E-state index contributed by atoms with van der Waals surface area (Å²) < 4.78 is 2.00. The van der Waals surface area contributed by atoms with Crippen molar-refractivity contribution >= 4 is 11.5 Å². The first-order chi connectivity index (χ1) is 8.99. The quantitative estimate of drug-likeness (QED) is 0.875. The number of hydrogen-bond acceptors (Lipinski definition) is 4. The zero-order valence-electron chi connectivity index (χ0n) is 12.6. The van der Waals surface area contributed by atoms with E-state index in [1.165, 1.54) is 25.9 Å². The molecule has 0 aliphatic carbocycles. The van der Waals surface area contributed by atoms with Gasteiger partial charge in [-0.3, -0.25) is 0 Å². The summed E-state index contributed by atoms with van der Waals surface area (Å²) in [6.45, 7) is 9.60. The molecule has 3 N–H and O–H groups in total. The van der Waals surface area contributed by atoms with Crippen molar-refractivity contribution in [2.24, 2.45) is 5.92 Å². The molecule has 0 spiro atoms. The number of aryl methyl sites for hydroxylation is 1. The van der Waals surface area contributed by atoms with E-state index in [1.54, 1.807) is 0 Å². The van der Waals surface area contributed by atoms with Crippen molar-refractivity contribution in [2.45, 2.75) is 39.7 Å². The number of rotatable bonds is 4. The number of hydrogen-bond donors (Lipinski definition) is 2. The summed E-state index contributed by atoms with van der Waals surface area (Å²) in [6.07, 6.45) is 2.59. The van der Waals surface area contributed by atoms with E-state index in [2.05, 4.69) is 36.2 Å². The van der Waals surface area contributed by atoms with Gasteiger partial charge in [-0.05, 0) is 53.1 Å². The maximum absolute atomic E-state index is 6.13. The van der Waals surface area contributed by atoms with Crippen LogP contribution in [0.4, 0.5) is 11.5 Å². The van der Waals surface area contributed by atoms with Crippen molar-refractivity contribution in [1.29, 1.82) is 0 Å². The van der Waals surface area contributed by atoms with Gasteiger partial charge in [0, 0.05) is 19.1 Å². The Kier molecular flexibility index (Phi) is 4.34. The van der Waals surface area contributed by atoms with E-state index in [4.69, 9.17) is 5.73 Å². The van der Waals surface area contributed by atoms with Gasteiger partial charge in [0.1, 0.15) is 5.82 Å². The number of likely N-dealkylation sites (tertiary alicyclic amines) is 1. The Morgan fingerprint density at radius 1 is 1.47 bits per heavy atom. The van der Waals surface area contributed by atoms with Crippen LogP contribution in [-0.4, -0.2) is 41.4 Å². The highest BCUT2D eigenvalue weighted by atomic mass is 15.4. The fourth-order valence-electron chi connectivity index (χ4n) is 2.79. The van der Waals surface area contributed by atoms with Crippen LogP contribution < -0.4 is 11.1 Å². The SMILES string of the molecule is Cc1nn(C(C)C)c(NCC2CCCN(C)C2)c1N. The maximum Gasteiger partial charge on any atom is 0.148 e. The molecular weight excluding hydrogens is 238 g/mol. The third kappa shape index (κ3) is 3.21. The number of anilines is 2. The molecule has 0 radical (unpaired) electrons. The first-order valence-electron chi connectivity index (χ1n) is 7.26. The van der Waals surface area contributed by atoms with Gasteiger partial charge in [-0.25, -0.2) is 4.68 Å². The molecule has 1 saturated heterocycles. The average molecular weight is 265 g/mol. The van der Waals surface area contributed by atoms with Crippen LogP contribution in [-0.2, 0) is 0 Å². The molecule has 0 amide bonds. The van der Waals surface area contributed by atoms with Crippen LogP contribution in [0, 0.1) is 12.8 Å². The van der Waals surface area contributed by atoms with Crippen molar-refractivity contribution in [3.05, 3.63) is 5.69 Å².